The molecule has 17 heavy (non-hydrogen) atoms. The van der Waals surface area contributed by atoms with E-state index in [1.807, 2.05) is 13.0 Å². The molecule has 0 amide bonds. The fourth-order valence-corrected chi connectivity index (χ4v) is 2.05. The maximum absolute atomic E-state index is 5.62. The smallest absolute Gasteiger partial charge is 0.126 e. The number of nitrogens with zero attached hydrogens (tertiary/aromatic N) is 2. The van der Waals surface area contributed by atoms with Crippen molar-refractivity contribution in [2.24, 2.45) is 5.73 Å². The van der Waals surface area contributed by atoms with Gasteiger partial charge in [-0.15, -0.1) is 11.8 Å². The number of benzene rings is 1. The van der Waals surface area contributed by atoms with Gasteiger partial charge in [-0.3, -0.25) is 0 Å². The molecule has 0 saturated heterocycles. The monoisotopic (exact) mass is 245 g/mol. The Bertz CT molecular complexity index is 509. The summed E-state index contributed by atoms with van der Waals surface area (Å²) < 4.78 is 0. The number of rotatable bonds is 3. The minimum Gasteiger partial charge on any atom is -0.325 e. The van der Waals surface area contributed by atoms with E-state index in [4.69, 9.17) is 5.73 Å². The van der Waals surface area contributed by atoms with Gasteiger partial charge in [0.1, 0.15) is 5.82 Å². The summed E-state index contributed by atoms with van der Waals surface area (Å²) in [5.74, 6) is 0.761. The van der Waals surface area contributed by atoms with E-state index in [2.05, 4.69) is 40.5 Å². The highest BCUT2D eigenvalue weighted by atomic mass is 32.2. The number of hydrogen-bond acceptors (Lipinski definition) is 4. The van der Waals surface area contributed by atoms with E-state index in [0.29, 0.717) is 6.54 Å². The van der Waals surface area contributed by atoms with Crippen LogP contribution in [-0.2, 0) is 6.54 Å². The number of aryl methyl sites for hydroxylation is 1. The summed E-state index contributed by atoms with van der Waals surface area (Å²) in [6.07, 6.45) is 2.07. The number of aromatic nitrogens is 2. The van der Waals surface area contributed by atoms with Crippen LogP contribution in [0.1, 0.15) is 11.5 Å². The summed E-state index contributed by atoms with van der Waals surface area (Å²) in [4.78, 5) is 9.95. The van der Waals surface area contributed by atoms with Crippen molar-refractivity contribution in [1.82, 2.24) is 9.97 Å². The molecule has 1 aromatic heterocycles. The van der Waals surface area contributed by atoms with Gasteiger partial charge < -0.3 is 5.73 Å². The van der Waals surface area contributed by atoms with Gasteiger partial charge in [-0.1, -0.05) is 12.1 Å². The van der Waals surface area contributed by atoms with Crippen LogP contribution in [0.2, 0.25) is 0 Å². The molecule has 0 unspecified atom stereocenters. The lowest BCUT2D eigenvalue weighted by molar-refractivity contribution is 0.929. The molecule has 2 N–H and O–H groups in total. The molecule has 4 heteroatoms. The molecule has 0 radical (unpaired) electrons. The van der Waals surface area contributed by atoms with Gasteiger partial charge in [0.15, 0.2) is 0 Å². The van der Waals surface area contributed by atoms with Gasteiger partial charge in [-0.25, -0.2) is 9.97 Å². The summed E-state index contributed by atoms with van der Waals surface area (Å²) in [6, 6.07) is 10.3. The molecule has 0 saturated carbocycles. The van der Waals surface area contributed by atoms with Gasteiger partial charge in [0.25, 0.3) is 0 Å². The van der Waals surface area contributed by atoms with Crippen molar-refractivity contribution >= 4 is 11.8 Å². The molecule has 0 aliphatic carbocycles. The minimum atomic E-state index is 0.444. The first-order chi connectivity index (χ1) is 8.22. The molecule has 0 spiro atoms. The van der Waals surface area contributed by atoms with Gasteiger partial charge >= 0.3 is 0 Å². The minimum absolute atomic E-state index is 0.444. The maximum atomic E-state index is 5.62. The van der Waals surface area contributed by atoms with E-state index in [1.54, 1.807) is 11.8 Å². The normalized spacial score (nSPS) is 10.5. The van der Waals surface area contributed by atoms with Crippen LogP contribution in [0.4, 0.5) is 0 Å². The van der Waals surface area contributed by atoms with E-state index >= 15 is 0 Å². The third-order valence-corrected chi connectivity index (χ3v) is 3.23. The summed E-state index contributed by atoms with van der Waals surface area (Å²) in [6.45, 7) is 2.33. The lowest BCUT2D eigenvalue weighted by atomic mass is 10.1. The Morgan fingerprint density at radius 1 is 1.18 bits per heavy atom. The third kappa shape index (κ3) is 2.84. The molecule has 88 valence electrons. The lowest BCUT2D eigenvalue weighted by Crippen LogP contribution is -2.03. The third-order valence-electron chi connectivity index (χ3n) is 2.49. The average Bonchev–Trinajstić information content (AvgIpc) is 2.38. The van der Waals surface area contributed by atoms with E-state index in [0.717, 1.165) is 22.8 Å². The molecule has 1 aromatic carbocycles. The first kappa shape index (κ1) is 12.1. The SMILES string of the molecule is CSc1ccc(-c2cc(CN)nc(C)n2)cc1. The molecule has 0 bridgehead atoms. The summed E-state index contributed by atoms with van der Waals surface area (Å²) >= 11 is 1.73. The molecule has 3 nitrogen and oxygen atoms in total. The standard InChI is InChI=1S/C13H15N3S/c1-9-15-11(8-14)7-13(16-9)10-3-5-12(17-2)6-4-10/h3-7H,8,14H2,1-2H3. The van der Waals surface area contributed by atoms with Crippen molar-refractivity contribution in [1.29, 1.82) is 0 Å². The Morgan fingerprint density at radius 2 is 1.88 bits per heavy atom. The maximum Gasteiger partial charge on any atom is 0.126 e. The zero-order valence-corrected chi connectivity index (χ0v) is 10.8. The Morgan fingerprint density at radius 3 is 2.47 bits per heavy atom. The van der Waals surface area contributed by atoms with Crippen LogP contribution in [-0.4, -0.2) is 16.2 Å². The molecule has 0 aliphatic heterocycles. The molecule has 1 heterocycles. The first-order valence-electron chi connectivity index (χ1n) is 5.42. The highest BCUT2D eigenvalue weighted by Crippen LogP contribution is 2.22. The predicted molar refractivity (Wildman–Crippen MR) is 71.9 cm³/mol. The highest BCUT2D eigenvalue weighted by molar-refractivity contribution is 7.98. The topological polar surface area (TPSA) is 51.8 Å². The van der Waals surface area contributed by atoms with E-state index in [-0.39, 0.29) is 0 Å². The predicted octanol–water partition coefficient (Wildman–Crippen LogP) is 2.63. The van der Waals surface area contributed by atoms with Gasteiger partial charge in [0.05, 0.1) is 11.4 Å². The molecule has 2 rings (SSSR count). The zero-order valence-electron chi connectivity index (χ0n) is 9.97. The highest BCUT2D eigenvalue weighted by Gasteiger charge is 2.03. The van der Waals surface area contributed by atoms with E-state index in [9.17, 15) is 0 Å². The Balaban J connectivity index is 2.41. The summed E-state index contributed by atoms with van der Waals surface area (Å²) in [7, 11) is 0. The van der Waals surface area contributed by atoms with Crippen LogP contribution in [0.3, 0.4) is 0 Å². The van der Waals surface area contributed by atoms with Crippen LogP contribution >= 0.6 is 11.8 Å². The fourth-order valence-electron chi connectivity index (χ4n) is 1.64. The van der Waals surface area contributed by atoms with Crippen molar-refractivity contribution in [2.45, 2.75) is 18.4 Å². The second kappa shape index (κ2) is 5.29. The quantitative estimate of drug-likeness (QED) is 0.845. The van der Waals surface area contributed by atoms with Crippen molar-refractivity contribution in [2.75, 3.05) is 6.26 Å². The van der Waals surface area contributed by atoms with Crippen LogP contribution in [0.25, 0.3) is 11.3 Å². The van der Waals surface area contributed by atoms with Crippen molar-refractivity contribution in [3.8, 4) is 11.3 Å². The Kier molecular flexibility index (Phi) is 3.76. The largest absolute Gasteiger partial charge is 0.325 e. The molecule has 2 aromatic rings. The second-order valence-corrected chi connectivity index (χ2v) is 4.60. The van der Waals surface area contributed by atoms with Crippen LogP contribution in [0.5, 0.6) is 0 Å². The van der Waals surface area contributed by atoms with Gasteiger partial charge in [-0.05, 0) is 31.4 Å². The zero-order chi connectivity index (χ0) is 12.3. The van der Waals surface area contributed by atoms with Crippen molar-refractivity contribution in [3.05, 3.63) is 41.9 Å². The van der Waals surface area contributed by atoms with E-state index < -0.39 is 0 Å². The Hall–Kier alpha value is -1.39. The number of hydrogen-bond donors (Lipinski definition) is 1. The summed E-state index contributed by atoms with van der Waals surface area (Å²) in [5, 5.41) is 0. The number of thioether (sulfide) groups is 1. The average molecular weight is 245 g/mol. The molecular weight excluding hydrogens is 230 g/mol. The van der Waals surface area contributed by atoms with Crippen LogP contribution < -0.4 is 5.73 Å². The first-order valence-corrected chi connectivity index (χ1v) is 6.64. The number of nitrogens with two attached hydrogens (primary N) is 1. The van der Waals surface area contributed by atoms with Gasteiger partial charge in [0.2, 0.25) is 0 Å². The van der Waals surface area contributed by atoms with Crippen LogP contribution in [0.15, 0.2) is 35.2 Å². The van der Waals surface area contributed by atoms with E-state index in [1.165, 1.54) is 4.90 Å². The van der Waals surface area contributed by atoms with Crippen molar-refractivity contribution < 1.29 is 0 Å². The molecular formula is C13H15N3S. The van der Waals surface area contributed by atoms with Gasteiger partial charge in [0, 0.05) is 17.0 Å². The second-order valence-electron chi connectivity index (χ2n) is 3.72. The van der Waals surface area contributed by atoms with Gasteiger partial charge in [-0.2, -0.15) is 0 Å². The molecule has 0 atom stereocenters. The Labute approximate surface area is 105 Å². The fraction of sp³-hybridized carbons (Fsp3) is 0.231. The lowest BCUT2D eigenvalue weighted by Gasteiger charge is -2.05. The van der Waals surface area contributed by atoms with Crippen LogP contribution in [0, 0.1) is 6.92 Å². The molecule has 0 aliphatic rings. The summed E-state index contributed by atoms with van der Waals surface area (Å²) in [5.41, 5.74) is 8.53. The van der Waals surface area contributed by atoms with Crippen molar-refractivity contribution in [3.63, 3.8) is 0 Å². The molecule has 0 fully saturated rings.